The van der Waals surface area contributed by atoms with Crippen LogP contribution in [-0.4, -0.2) is 31.0 Å². The predicted octanol–water partition coefficient (Wildman–Crippen LogP) is 3.84. The van der Waals surface area contributed by atoms with Gasteiger partial charge in [-0.25, -0.2) is 12.8 Å². The number of para-hydroxylation sites is 1. The maximum atomic E-state index is 13.2. The average molecular weight is 402 g/mol. The van der Waals surface area contributed by atoms with E-state index in [1.807, 2.05) is 24.3 Å². The quantitative estimate of drug-likeness (QED) is 0.600. The molecule has 0 bridgehead atoms. The molecule has 6 nitrogen and oxygen atoms in total. The molecule has 28 heavy (non-hydrogen) atoms. The average Bonchev–Trinajstić information content (AvgIpc) is 3.43. The van der Waals surface area contributed by atoms with Gasteiger partial charge in [-0.05, 0) is 49.2 Å². The van der Waals surface area contributed by atoms with E-state index < -0.39 is 15.8 Å². The highest BCUT2D eigenvalue weighted by atomic mass is 32.2. The molecule has 1 aliphatic rings. The van der Waals surface area contributed by atoms with Crippen molar-refractivity contribution in [3.05, 3.63) is 66.1 Å². The Labute approximate surface area is 162 Å². The van der Waals surface area contributed by atoms with Crippen molar-refractivity contribution in [1.82, 2.24) is 9.46 Å². The second-order valence-corrected chi connectivity index (χ2v) is 8.51. The van der Waals surface area contributed by atoms with Gasteiger partial charge in [0.1, 0.15) is 11.6 Å². The Balaban J connectivity index is 1.61. The van der Waals surface area contributed by atoms with E-state index in [0.29, 0.717) is 17.2 Å². The number of aromatic nitrogens is 1. The van der Waals surface area contributed by atoms with Crippen LogP contribution < -0.4 is 4.74 Å². The van der Waals surface area contributed by atoms with E-state index in [1.165, 1.54) is 16.4 Å². The molecule has 1 aliphatic carbocycles. The van der Waals surface area contributed by atoms with Crippen molar-refractivity contribution < 1.29 is 22.1 Å². The number of rotatable bonds is 7. The van der Waals surface area contributed by atoms with Crippen molar-refractivity contribution in [2.24, 2.45) is 0 Å². The summed E-state index contributed by atoms with van der Waals surface area (Å²) < 4.78 is 51.4. The smallest absolute Gasteiger partial charge is 0.243 e. The second kappa shape index (κ2) is 7.37. The van der Waals surface area contributed by atoms with Gasteiger partial charge >= 0.3 is 0 Å². The van der Waals surface area contributed by atoms with Gasteiger partial charge in [0.05, 0.1) is 29.8 Å². The first-order valence-corrected chi connectivity index (χ1v) is 10.3. The van der Waals surface area contributed by atoms with Gasteiger partial charge in [-0.2, -0.15) is 4.31 Å². The van der Waals surface area contributed by atoms with Crippen LogP contribution in [0.2, 0.25) is 0 Å². The van der Waals surface area contributed by atoms with E-state index in [9.17, 15) is 12.8 Å². The van der Waals surface area contributed by atoms with Gasteiger partial charge in [0, 0.05) is 12.1 Å². The predicted molar refractivity (Wildman–Crippen MR) is 101 cm³/mol. The molecule has 3 aromatic rings. The summed E-state index contributed by atoms with van der Waals surface area (Å²) >= 11 is 0. The Morgan fingerprint density at radius 2 is 1.89 bits per heavy atom. The van der Waals surface area contributed by atoms with E-state index >= 15 is 0 Å². The molecule has 0 amide bonds. The minimum absolute atomic E-state index is 0.0641. The second-order valence-electron chi connectivity index (χ2n) is 6.62. The molecule has 0 spiro atoms. The number of halogens is 1. The summed E-state index contributed by atoms with van der Waals surface area (Å²) in [4.78, 5) is 0.0641. The monoisotopic (exact) mass is 402 g/mol. The Kier molecular flexibility index (Phi) is 4.91. The summed E-state index contributed by atoms with van der Waals surface area (Å²) in [7, 11) is -2.19. The summed E-state index contributed by atoms with van der Waals surface area (Å²) in [6.07, 6.45) is 1.58. The molecule has 0 N–H and O–H groups in total. The molecule has 0 saturated heterocycles. The molecular formula is C20H19FN2O4S. The SMILES string of the molecule is COc1ccccc1-c1cc(CN(C2CC2)S(=O)(=O)c2ccc(F)cc2)no1. The van der Waals surface area contributed by atoms with Crippen molar-refractivity contribution in [2.45, 2.75) is 30.3 Å². The lowest BCUT2D eigenvalue weighted by Gasteiger charge is -2.20. The van der Waals surface area contributed by atoms with Gasteiger partial charge < -0.3 is 9.26 Å². The Hall–Kier alpha value is -2.71. The van der Waals surface area contributed by atoms with Crippen LogP contribution in [0.25, 0.3) is 11.3 Å². The lowest BCUT2D eigenvalue weighted by atomic mass is 10.1. The lowest BCUT2D eigenvalue weighted by Crippen LogP contribution is -2.32. The molecule has 146 valence electrons. The highest BCUT2D eigenvalue weighted by Gasteiger charge is 2.38. The molecule has 0 aliphatic heterocycles. The van der Waals surface area contributed by atoms with Crippen molar-refractivity contribution in [1.29, 1.82) is 0 Å². The number of sulfonamides is 1. The standard InChI is InChI=1S/C20H19FN2O4S/c1-26-19-5-3-2-4-18(19)20-12-15(22-27-20)13-23(16-8-9-16)28(24,25)17-10-6-14(21)7-11-17/h2-7,10-12,16H,8-9,13H2,1H3. The van der Waals surface area contributed by atoms with E-state index in [1.54, 1.807) is 13.2 Å². The van der Waals surface area contributed by atoms with Gasteiger partial charge in [-0.1, -0.05) is 17.3 Å². The summed E-state index contributed by atoms with van der Waals surface area (Å²) in [5.74, 6) is 0.667. The third-order valence-electron chi connectivity index (χ3n) is 4.62. The van der Waals surface area contributed by atoms with Gasteiger partial charge in [0.15, 0.2) is 5.76 Å². The highest BCUT2D eigenvalue weighted by Crippen LogP contribution is 2.35. The van der Waals surface area contributed by atoms with E-state index in [-0.39, 0.29) is 17.5 Å². The van der Waals surface area contributed by atoms with Gasteiger partial charge in [0.25, 0.3) is 0 Å². The maximum Gasteiger partial charge on any atom is 0.243 e. The van der Waals surface area contributed by atoms with E-state index in [4.69, 9.17) is 9.26 Å². The Bertz CT molecular complexity index is 1080. The van der Waals surface area contributed by atoms with Gasteiger partial charge in [-0.3, -0.25) is 0 Å². The Morgan fingerprint density at radius 3 is 2.57 bits per heavy atom. The molecule has 1 saturated carbocycles. The molecule has 1 fully saturated rings. The first kappa shape index (κ1) is 18.6. The fraction of sp³-hybridized carbons (Fsp3) is 0.250. The van der Waals surface area contributed by atoms with Crippen molar-refractivity contribution in [3.63, 3.8) is 0 Å². The zero-order chi connectivity index (χ0) is 19.7. The van der Waals surface area contributed by atoms with Gasteiger partial charge in [-0.15, -0.1) is 0 Å². The molecule has 0 radical (unpaired) electrons. The zero-order valence-electron chi connectivity index (χ0n) is 15.2. The largest absolute Gasteiger partial charge is 0.496 e. The van der Waals surface area contributed by atoms with E-state index in [2.05, 4.69) is 5.16 Å². The third-order valence-corrected chi connectivity index (χ3v) is 6.54. The van der Waals surface area contributed by atoms with Gasteiger partial charge in [0.2, 0.25) is 10.0 Å². The van der Waals surface area contributed by atoms with Crippen LogP contribution >= 0.6 is 0 Å². The number of ether oxygens (including phenoxy) is 1. The summed E-state index contributed by atoms with van der Waals surface area (Å²) in [6.45, 7) is 0.0863. The van der Waals surface area contributed by atoms with Crippen LogP contribution in [0.1, 0.15) is 18.5 Å². The molecule has 8 heteroatoms. The maximum absolute atomic E-state index is 13.2. The fourth-order valence-corrected chi connectivity index (χ4v) is 4.69. The normalized spacial score (nSPS) is 14.4. The number of hydrogen-bond acceptors (Lipinski definition) is 5. The fourth-order valence-electron chi connectivity index (χ4n) is 3.04. The lowest BCUT2D eigenvalue weighted by molar-refractivity contribution is 0.369. The first-order valence-electron chi connectivity index (χ1n) is 8.85. The molecular weight excluding hydrogens is 383 g/mol. The van der Waals surface area contributed by atoms with Crippen LogP contribution in [-0.2, 0) is 16.6 Å². The number of nitrogens with zero attached hydrogens (tertiary/aromatic N) is 2. The topological polar surface area (TPSA) is 72.6 Å². The number of hydrogen-bond donors (Lipinski definition) is 0. The highest BCUT2D eigenvalue weighted by molar-refractivity contribution is 7.89. The zero-order valence-corrected chi connectivity index (χ0v) is 16.0. The van der Waals surface area contributed by atoms with Crippen LogP contribution in [0, 0.1) is 5.82 Å². The van der Waals surface area contributed by atoms with Crippen molar-refractivity contribution >= 4 is 10.0 Å². The van der Waals surface area contributed by atoms with Crippen molar-refractivity contribution in [2.75, 3.05) is 7.11 Å². The van der Waals surface area contributed by atoms with Crippen LogP contribution in [0.5, 0.6) is 5.75 Å². The first-order chi connectivity index (χ1) is 13.5. The minimum Gasteiger partial charge on any atom is -0.496 e. The molecule has 1 aromatic heterocycles. The molecule has 2 aromatic carbocycles. The van der Waals surface area contributed by atoms with Crippen LogP contribution in [0.3, 0.4) is 0 Å². The summed E-state index contributed by atoms with van der Waals surface area (Å²) in [5, 5.41) is 4.04. The molecule has 4 rings (SSSR count). The summed E-state index contributed by atoms with van der Waals surface area (Å²) in [5.41, 5.74) is 1.24. The third kappa shape index (κ3) is 3.65. The molecule has 0 atom stereocenters. The Morgan fingerprint density at radius 1 is 1.18 bits per heavy atom. The number of methoxy groups -OCH3 is 1. The van der Waals surface area contributed by atoms with Crippen molar-refractivity contribution in [3.8, 4) is 17.1 Å². The molecule has 0 unspecified atom stereocenters. The summed E-state index contributed by atoms with van der Waals surface area (Å²) in [6, 6.07) is 13.9. The van der Waals surface area contributed by atoms with Crippen LogP contribution in [0.4, 0.5) is 4.39 Å². The molecule has 1 heterocycles. The number of benzene rings is 2. The van der Waals surface area contributed by atoms with E-state index in [0.717, 1.165) is 30.5 Å². The minimum atomic E-state index is -3.76. The van der Waals surface area contributed by atoms with Crippen LogP contribution in [0.15, 0.2) is 64.0 Å².